The number of halogens is 1. The second-order valence-electron chi connectivity index (χ2n) is 8.46. The monoisotopic (exact) mass is 533 g/mol. The van der Waals surface area contributed by atoms with Gasteiger partial charge in [-0.1, -0.05) is 6.92 Å². The smallest absolute Gasteiger partial charge is 0.191 e. The third-order valence-electron chi connectivity index (χ3n) is 5.75. The summed E-state index contributed by atoms with van der Waals surface area (Å²) in [5, 5.41) is 11.5. The van der Waals surface area contributed by atoms with Gasteiger partial charge in [0.1, 0.15) is 12.4 Å². The number of piperidine rings is 1. The van der Waals surface area contributed by atoms with Gasteiger partial charge in [-0.25, -0.2) is 9.67 Å². The molecule has 0 aromatic carbocycles. The molecule has 0 saturated carbocycles. The molecule has 2 aliphatic heterocycles. The fourth-order valence-electron chi connectivity index (χ4n) is 4.31. The van der Waals surface area contributed by atoms with Crippen LogP contribution >= 0.6 is 24.0 Å². The van der Waals surface area contributed by atoms with Gasteiger partial charge in [-0.15, -0.1) is 24.0 Å². The number of fused-ring (bicyclic) bond motifs is 1. The lowest BCUT2D eigenvalue weighted by Gasteiger charge is -2.30. The number of rotatable bonds is 9. The van der Waals surface area contributed by atoms with Gasteiger partial charge >= 0.3 is 0 Å². The van der Waals surface area contributed by atoms with E-state index in [2.05, 4.69) is 39.5 Å². The summed E-state index contributed by atoms with van der Waals surface area (Å²) in [4.78, 5) is 12.0. The highest BCUT2D eigenvalue weighted by Crippen LogP contribution is 2.16. The Kier molecular flexibility index (Phi) is 11.4. The number of hydrogen-bond donors (Lipinski definition) is 2. The Hall–Kier alpha value is -0.940. The van der Waals surface area contributed by atoms with Gasteiger partial charge in [-0.3, -0.25) is 4.99 Å². The van der Waals surface area contributed by atoms with Crippen molar-refractivity contribution in [3.8, 4) is 0 Å². The lowest BCUT2D eigenvalue weighted by Crippen LogP contribution is -2.47. The van der Waals surface area contributed by atoms with Gasteiger partial charge in [0, 0.05) is 39.2 Å². The minimum Gasteiger partial charge on any atom is -0.377 e. The average molecular weight is 534 g/mol. The minimum absolute atomic E-state index is 0. The number of nitrogens with one attached hydrogen (secondary N) is 2. The molecule has 0 radical (unpaired) electrons. The minimum atomic E-state index is 0. The zero-order chi connectivity index (χ0) is 20.5. The number of unbranched alkanes of at least 4 members (excludes halogenated alkanes) is 1. The normalized spacial score (nSPS) is 22.3. The fourth-order valence-corrected chi connectivity index (χ4v) is 4.31. The Morgan fingerprint density at radius 2 is 2.13 bits per heavy atom. The van der Waals surface area contributed by atoms with E-state index in [-0.39, 0.29) is 24.0 Å². The Labute approximate surface area is 198 Å². The molecule has 0 bridgehead atoms. The summed E-state index contributed by atoms with van der Waals surface area (Å²) in [7, 11) is 1.68. The molecule has 1 aromatic rings. The second kappa shape index (κ2) is 13.5. The molecule has 8 nitrogen and oxygen atoms in total. The number of aromatic nitrogens is 3. The number of aryl methyl sites for hydroxylation is 1. The van der Waals surface area contributed by atoms with Crippen molar-refractivity contribution in [1.29, 1.82) is 0 Å². The third-order valence-corrected chi connectivity index (χ3v) is 5.75. The van der Waals surface area contributed by atoms with Crippen LogP contribution in [-0.2, 0) is 24.3 Å². The van der Waals surface area contributed by atoms with Crippen LogP contribution in [0.15, 0.2) is 4.99 Å². The summed E-state index contributed by atoms with van der Waals surface area (Å²) in [6.45, 7) is 11.3. The molecule has 1 saturated heterocycles. The Morgan fingerprint density at radius 1 is 1.27 bits per heavy atom. The maximum Gasteiger partial charge on any atom is 0.191 e. The van der Waals surface area contributed by atoms with E-state index in [0.717, 1.165) is 62.4 Å². The van der Waals surface area contributed by atoms with Crippen LogP contribution in [0.3, 0.4) is 0 Å². The van der Waals surface area contributed by atoms with Gasteiger partial charge in [-0.05, 0) is 58.0 Å². The molecule has 172 valence electrons. The van der Waals surface area contributed by atoms with E-state index in [4.69, 9.17) is 9.73 Å². The molecular weight excluding hydrogens is 493 g/mol. The molecule has 2 atom stereocenters. The number of aliphatic imine (C=N–C) groups is 1. The molecule has 0 aliphatic carbocycles. The maximum absolute atomic E-state index is 5.15. The van der Waals surface area contributed by atoms with Crippen LogP contribution in [-0.4, -0.2) is 71.5 Å². The van der Waals surface area contributed by atoms with E-state index in [1.165, 1.54) is 38.9 Å². The summed E-state index contributed by atoms with van der Waals surface area (Å²) in [5.41, 5.74) is 0. The molecular formula is C21H40IN7O. The van der Waals surface area contributed by atoms with Crippen LogP contribution < -0.4 is 10.6 Å². The van der Waals surface area contributed by atoms with E-state index < -0.39 is 0 Å². The van der Waals surface area contributed by atoms with E-state index >= 15 is 0 Å². The molecule has 3 rings (SSSR count). The van der Waals surface area contributed by atoms with Gasteiger partial charge < -0.3 is 20.3 Å². The first-order chi connectivity index (χ1) is 14.2. The number of nitrogens with zero attached hydrogens (tertiary/aromatic N) is 5. The van der Waals surface area contributed by atoms with Crippen molar-refractivity contribution in [2.75, 3.05) is 39.8 Å². The first-order valence-electron chi connectivity index (χ1n) is 11.4. The van der Waals surface area contributed by atoms with Crippen molar-refractivity contribution in [3.05, 3.63) is 11.6 Å². The molecule has 1 fully saturated rings. The largest absolute Gasteiger partial charge is 0.377 e. The predicted octanol–water partition coefficient (Wildman–Crippen LogP) is 2.42. The van der Waals surface area contributed by atoms with Crippen LogP contribution in [0.4, 0.5) is 0 Å². The summed E-state index contributed by atoms with van der Waals surface area (Å²) in [6, 6.07) is 0.326. The third kappa shape index (κ3) is 7.96. The van der Waals surface area contributed by atoms with Gasteiger partial charge in [0.25, 0.3) is 0 Å². The van der Waals surface area contributed by atoms with E-state index in [0.29, 0.717) is 12.6 Å². The first-order valence-corrected chi connectivity index (χ1v) is 11.4. The van der Waals surface area contributed by atoms with Crippen LogP contribution in [0, 0.1) is 5.92 Å². The van der Waals surface area contributed by atoms with Crippen molar-refractivity contribution in [2.24, 2.45) is 10.9 Å². The van der Waals surface area contributed by atoms with Gasteiger partial charge in [0.2, 0.25) is 0 Å². The fraction of sp³-hybridized carbons (Fsp3) is 0.857. The molecule has 2 unspecified atom stereocenters. The maximum atomic E-state index is 5.15. The van der Waals surface area contributed by atoms with Crippen molar-refractivity contribution < 1.29 is 4.74 Å². The molecule has 9 heteroatoms. The molecule has 1 aromatic heterocycles. The highest BCUT2D eigenvalue weighted by atomic mass is 127. The molecule has 3 heterocycles. The molecule has 2 N–H and O–H groups in total. The molecule has 0 amide bonds. The van der Waals surface area contributed by atoms with Gasteiger partial charge in [0.15, 0.2) is 11.8 Å². The van der Waals surface area contributed by atoms with Crippen molar-refractivity contribution in [3.63, 3.8) is 0 Å². The zero-order valence-corrected chi connectivity index (χ0v) is 21.2. The summed E-state index contributed by atoms with van der Waals surface area (Å²) < 4.78 is 7.16. The van der Waals surface area contributed by atoms with Gasteiger partial charge in [0.05, 0.1) is 6.54 Å². The number of guanidine groups is 1. The Morgan fingerprint density at radius 3 is 2.90 bits per heavy atom. The van der Waals surface area contributed by atoms with E-state index in [1.54, 1.807) is 7.11 Å². The number of ether oxygens (including phenoxy) is 1. The Balaban J connectivity index is 0.00000320. The van der Waals surface area contributed by atoms with Crippen molar-refractivity contribution in [1.82, 2.24) is 30.3 Å². The number of methoxy groups -OCH3 is 1. The first kappa shape index (κ1) is 25.3. The van der Waals surface area contributed by atoms with Crippen LogP contribution in [0.25, 0.3) is 0 Å². The van der Waals surface area contributed by atoms with Crippen molar-refractivity contribution >= 4 is 29.9 Å². The lowest BCUT2D eigenvalue weighted by atomic mass is 10.0. The number of hydrogen-bond acceptors (Lipinski definition) is 5. The highest BCUT2D eigenvalue weighted by Gasteiger charge is 2.22. The van der Waals surface area contributed by atoms with Crippen LogP contribution in [0.2, 0.25) is 0 Å². The Bertz CT molecular complexity index is 651. The standard InChI is InChI=1S/C21H39N7O.HI/c1-4-22-21(23-11-5-6-12-27-13-7-8-17(2)14-27)24-18-9-10-20-25-19(16-29-3)26-28(20)15-18;/h17-18H,4-16H2,1-3H3,(H2,22,23,24);1H. The van der Waals surface area contributed by atoms with Crippen molar-refractivity contribution in [2.45, 2.75) is 71.6 Å². The summed E-state index contributed by atoms with van der Waals surface area (Å²) in [6.07, 6.45) is 7.09. The summed E-state index contributed by atoms with van der Waals surface area (Å²) >= 11 is 0. The van der Waals surface area contributed by atoms with Gasteiger partial charge in [-0.2, -0.15) is 5.10 Å². The predicted molar refractivity (Wildman–Crippen MR) is 131 cm³/mol. The molecule has 2 aliphatic rings. The van der Waals surface area contributed by atoms with E-state index in [1.807, 2.05) is 4.68 Å². The second-order valence-corrected chi connectivity index (χ2v) is 8.46. The molecule has 0 spiro atoms. The quantitative estimate of drug-likeness (QED) is 0.220. The highest BCUT2D eigenvalue weighted by molar-refractivity contribution is 14.0. The van der Waals surface area contributed by atoms with Crippen LogP contribution in [0.1, 0.15) is 57.6 Å². The average Bonchev–Trinajstić information content (AvgIpc) is 3.10. The SMILES string of the molecule is CCNC(=NCCCCN1CCCC(C)C1)NC1CCc2nc(COC)nn2C1.I. The number of likely N-dealkylation sites (tertiary alicyclic amines) is 1. The zero-order valence-electron chi connectivity index (χ0n) is 18.9. The van der Waals surface area contributed by atoms with Crippen LogP contribution in [0.5, 0.6) is 0 Å². The topological polar surface area (TPSA) is 79.6 Å². The lowest BCUT2D eigenvalue weighted by molar-refractivity contribution is 0.177. The van der Waals surface area contributed by atoms with E-state index in [9.17, 15) is 0 Å². The molecule has 30 heavy (non-hydrogen) atoms. The summed E-state index contributed by atoms with van der Waals surface area (Å²) in [5.74, 6) is 3.61.